The van der Waals surface area contributed by atoms with Gasteiger partial charge < -0.3 is 5.73 Å². The molecule has 2 N–H and O–H groups in total. The van der Waals surface area contributed by atoms with Crippen LogP contribution in [0.25, 0.3) is 6.08 Å². The highest BCUT2D eigenvalue weighted by atomic mass is 32.1. The van der Waals surface area contributed by atoms with Gasteiger partial charge in [-0.2, -0.15) is 0 Å². The lowest BCUT2D eigenvalue weighted by molar-refractivity contribution is 1.28. The summed E-state index contributed by atoms with van der Waals surface area (Å²) >= 11 is 4.78. The summed E-state index contributed by atoms with van der Waals surface area (Å²) < 4.78 is 0. The molecule has 0 aliphatic heterocycles. The maximum Gasteiger partial charge on any atom is 0.123 e. The van der Waals surface area contributed by atoms with E-state index in [1.165, 1.54) is 0 Å². The van der Waals surface area contributed by atoms with Crippen molar-refractivity contribution < 1.29 is 0 Å². The van der Waals surface area contributed by atoms with Gasteiger partial charge in [0.2, 0.25) is 0 Å². The molecular weight excluding hydrogens is 156 g/mol. The molecule has 0 aliphatic carbocycles. The topological polar surface area (TPSA) is 38.9 Å². The largest absolute Gasteiger partial charge is 0.388 e. The van der Waals surface area contributed by atoms with Gasteiger partial charge in [0.25, 0.3) is 0 Å². The number of hydrogen-bond donors (Lipinski definition) is 1. The Morgan fingerprint density at radius 1 is 1.73 bits per heavy atom. The van der Waals surface area contributed by atoms with Crippen LogP contribution in [0, 0.1) is 0 Å². The summed E-state index contributed by atoms with van der Waals surface area (Å²) in [7, 11) is 0. The Labute approximate surface area is 70.8 Å². The third-order valence-corrected chi connectivity index (χ3v) is 1.49. The maximum absolute atomic E-state index is 5.41. The molecule has 0 spiro atoms. The summed E-state index contributed by atoms with van der Waals surface area (Å²) in [6.07, 6.45) is 3.34. The van der Waals surface area contributed by atoms with Crippen molar-refractivity contribution in [1.82, 2.24) is 4.98 Å². The van der Waals surface area contributed by atoms with Crippen molar-refractivity contribution in [1.29, 1.82) is 0 Å². The highest BCUT2D eigenvalue weighted by Gasteiger charge is 2.00. The van der Waals surface area contributed by atoms with Crippen LogP contribution in [-0.4, -0.2) is 9.97 Å². The third kappa shape index (κ3) is 1.62. The van der Waals surface area contributed by atoms with Crippen molar-refractivity contribution >= 4 is 23.3 Å². The molecule has 0 fully saturated rings. The van der Waals surface area contributed by atoms with Crippen LogP contribution < -0.4 is 5.73 Å². The van der Waals surface area contributed by atoms with E-state index < -0.39 is 0 Å². The number of thiocarbonyl (C=S) groups is 1. The van der Waals surface area contributed by atoms with Gasteiger partial charge in [0, 0.05) is 11.8 Å². The third-order valence-electron chi connectivity index (χ3n) is 1.29. The Kier molecular flexibility index (Phi) is 2.33. The second-order valence-electron chi connectivity index (χ2n) is 2.01. The number of hydrogen-bond acceptors (Lipinski definition) is 2. The molecule has 1 heterocycles. The van der Waals surface area contributed by atoms with Crippen LogP contribution in [0.5, 0.6) is 0 Å². The number of nitrogens with zero attached hydrogens (tertiary/aromatic N) is 1. The lowest BCUT2D eigenvalue weighted by Gasteiger charge is -1.99. The van der Waals surface area contributed by atoms with E-state index in [-0.39, 0.29) is 0 Å². The zero-order valence-electron chi connectivity index (χ0n) is 5.95. The minimum atomic E-state index is 0.306. The first kappa shape index (κ1) is 7.88. The molecule has 1 rings (SSSR count). The van der Waals surface area contributed by atoms with E-state index in [0.29, 0.717) is 10.7 Å². The fraction of sp³-hybridized carbons (Fsp3) is 0. The van der Waals surface area contributed by atoms with E-state index in [2.05, 4.69) is 11.6 Å². The SMILES string of the molecule is C=Cc1cccnc1C(N)=S. The van der Waals surface area contributed by atoms with Crippen LogP contribution in [0.4, 0.5) is 0 Å². The summed E-state index contributed by atoms with van der Waals surface area (Å²) in [5, 5.41) is 0. The van der Waals surface area contributed by atoms with E-state index in [1.807, 2.05) is 12.1 Å². The van der Waals surface area contributed by atoms with Crippen molar-refractivity contribution in [2.45, 2.75) is 0 Å². The second kappa shape index (κ2) is 3.25. The summed E-state index contributed by atoms with van der Waals surface area (Å²) in [5.74, 6) is 0. The molecule has 11 heavy (non-hydrogen) atoms. The summed E-state index contributed by atoms with van der Waals surface area (Å²) in [5.41, 5.74) is 6.92. The molecule has 0 aliphatic rings. The predicted molar refractivity (Wildman–Crippen MR) is 50.2 cm³/mol. The van der Waals surface area contributed by atoms with E-state index in [9.17, 15) is 0 Å². The Balaban J connectivity index is 3.22. The highest BCUT2D eigenvalue weighted by molar-refractivity contribution is 7.80. The monoisotopic (exact) mass is 164 g/mol. The first-order valence-corrected chi connectivity index (χ1v) is 3.54. The van der Waals surface area contributed by atoms with E-state index in [0.717, 1.165) is 5.56 Å². The molecule has 0 atom stereocenters. The second-order valence-corrected chi connectivity index (χ2v) is 2.45. The fourth-order valence-corrected chi connectivity index (χ4v) is 0.959. The van der Waals surface area contributed by atoms with Gasteiger partial charge in [0.15, 0.2) is 0 Å². The summed E-state index contributed by atoms with van der Waals surface area (Å²) in [6, 6.07) is 3.69. The fourth-order valence-electron chi connectivity index (χ4n) is 0.788. The molecule has 0 aromatic carbocycles. The molecule has 56 valence electrons. The number of pyridine rings is 1. The van der Waals surface area contributed by atoms with Gasteiger partial charge in [-0.1, -0.05) is 30.9 Å². The van der Waals surface area contributed by atoms with Gasteiger partial charge in [-0.05, 0) is 6.07 Å². The minimum Gasteiger partial charge on any atom is -0.388 e. The Bertz CT molecular complexity index is 294. The molecular formula is C8H8N2S. The number of aromatic nitrogens is 1. The van der Waals surface area contributed by atoms with Crippen molar-refractivity contribution in [3.05, 3.63) is 36.2 Å². The zero-order chi connectivity index (χ0) is 8.27. The van der Waals surface area contributed by atoms with E-state index in [4.69, 9.17) is 18.0 Å². The normalized spacial score (nSPS) is 9.09. The molecule has 1 aromatic rings. The number of rotatable bonds is 2. The van der Waals surface area contributed by atoms with Gasteiger partial charge in [0.1, 0.15) is 10.7 Å². The molecule has 2 nitrogen and oxygen atoms in total. The Morgan fingerprint density at radius 2 is 2.45 bits per heavy atom. The van der Waals surface area contributed by atoms with E-state index >= 15 is 0 Å². The van der Waals surface area contributed by atoms with Gasteiger partial charge in [-0.25, -0.2) is 0 Å². The zero-order valence-corrected chi connectivity index (χ0v) is 6.77. The molecule has 3 heteroatoms. The van der Waals surface area contributed by atoms with Crippen molar-refractivity contribution in [3.63, 3.8) is 0 Å². The highest BCUT2D eigenvalue weighted by Crippen LogP contribution is 2.05. The first-order valence-electron chi connectivity index (χ1n) is 3.13. The van der Waals surface area contributed by atoms with Crippen molar-refractivity contribution in [3.8, 4) is 0 Å². The average Bonchev–Trinajstić information content (AvgIpc) is 2.04. The smallest absolute Gasteiger partial charge is 0.123 e. The van der Waals surface area contributed by atoms with Crippen LogP contribution in [0.3, 0.4) is 0 Å². The quantitative estimate of drug-likeness (QED) is 0.671. The van der Waals surface area contributed by atoms with Crippen LogP contribution in [0.2, 0.25) is 0 Å². The van der Waals surface area contributed by atoms with Crippen molar-refractivity contribution in [2.75, 3.05) is 0 Å². The molecule has 0 amide bonds. The predicted octanol–water partition coefficient (Wildman–Crippen LogP) is 1.36. The lowest BCUT2D eigenvalue weighted by Crippen LogP contribution is -2.12. The van der Waals surface area contributed by atoms with Gasteiger partial charge in [-0.15, -0.1) is 0 Å². The Morgan fingerprint density at radius 3 is 2.91 bits per heavy atom. The van der Waals surface area contributed by atoms with Gasteiger partial charge in [-0.3, -0.25) is 4.98 Å². The summed E-state index contributed by atoms with van der Waals surface area (Å²) in [4.78, 5) is 4.32. The molecule has 0 saturated carbocycles. The molecule has 0 bridgehead atoms. The molecule has 0 unspecified atom stereocenters. The van der Waals surface area contributed by atoms with Crippen LogP contribution in [-0.2, 0) is 0 Å². The van der Waals surface area contributed by atoms with Crippen LogP contribution in [0.1, 0.15) is 11.3 Å². The lowest BCUT2D eigenvalue weighted by atomic mass is 10.2. The standard InChI is InChI=1S/C8H8N2S/c1-2-6-4-3-5-10-7(6)8(9)11/h2-5H,1H2,(H2,9,11). The number of nitrogens with two attached hydrogens (primary N) is 1. The van der Waals surface area contributed by atoms with Gasteiger partial charge in [0.05, 0.1) is 0 Å². The van der Waals surface area contributed by atoms with E-state index in [1.54, 1.807) is 12.3 Å². The van der Waals surface area contributed by atoms with Gasteiger partial charge >= 0.3 is 0 Å². The van der Waals surface area contributed by atoms with Crippen LogP contribution in [0.15, 0.2) is 24.9 Å². The molecule has 0 radical (unpaired) electrons. The average molecular weight is 164 g/mol. The maximum atomic E-state index is 5.41. The first-order chi connectivity index (χ1) is 5.25. The Hall–Kier alpha value is -1.22. The molecule has 0 saturated heterocycles. The van der Waals surface area contributed by atoms with Crippen molar-refractivity contribution in [2.24, 2.45) is 5.73 Å². The van der Waals surface area contributed by atoms with Crippen LogP contribution >= 0.6 is 12.2 Å². The molecule has 1 aromatic heterocycles. The minimum absolute atomic E-state index is 0.306. The summed E-state index contributed by atoms with van der Waals surface area (Å²) in [6.45, 7) is 3.62.